The Morgan fingerprint density at radius 1 is 1.60 bits per heavy atom. The fraction of sp³-hybridized carbons (Fsp3) is 0.200. The molecule has 0 N–H and O–H groups in total. The van der Waals surface area contributed by atoms with E-state index in [0.717, 1.165) is 0 Å². The van der Waals surface area contributed by atoms with Gasteiger partial charge in [0.25, 0.3) is 0 Å². The molecule has 5 heteroatoms. The number of benzene rings is 1. The minimum atomic E-state index is -0.193. The Morgan fingerprint density at radius 3 is 3.07 bits per heavy atom. The van der Waals surface area contributed by atoms with Crippen molar-refractivity contribution in [2.75, 3.05) is 13.0 Å². The van der Waals surface area contributed by atoms with Crippen LogP contribution in [0.3, 0.4) is 0 Å². The molecular weight excluding hydrogens is 218 g/mol. The lowest BCUT2D eigenvalue weighted by Gasteiger charge is -1.95. The summed E-state index contributed by atoms with van der Waals surface area (Å²) in [5.41, 5.74) is 1.43. The minimum Gasteiger partial charge on any atom is -0.453 e. The first-order valence-corrected chi connectivity index (χ1v) is 4.82. The SMILES string of the molecule is COc1nc2cccc(C(=O)CCl)c2o1. The number of hydrogen-bond acceptors (Lipinski definition) is 4. The van der Waals surface area contributed by atoms with Gasteiger partial charge in [-0.15, -0.1) is 11.6 Å². The highest BCUT2D eigenvalue weighted by Gasteiger charge is 2.14. The average Bonchev–Trinajstić information content (AvgIpc) is 2.70. The van der Waals surface area contributed by atoms with E-state index in [2.05, 4.69) is 4.98 Å². The molecule has 0 saturated heterocycles. The van der Waals surface area contributed by atoms with Gasteiger partial charge < -0.3 is 9.15 Å². The second-order valence-corrected chi connectivity index (χ2v) is 3.16. The van der Waals surface area contributed by atoms with E-state index in [1.54, 1.807) is 18.2 Å². The number of Topliss-reactive ketones (excluding diaryl/α,β-unsaturated/α-hetero) is 1. The van der Waals surface area contributed by atoms with Crippen molar-refractivity contribution in [3.8, 4) is 6.08 Å². The molecule has 1 aromatic carbocycles. The van der Waals surface area contributed by atoms with Crippen molar-refractivity contribution < 1.29 is 13.9 Å². The van der Waals surface area contributed by atoms with Gasteiger partial charge in [-0.25, -0.2) is 0 Å². The summed E-state index contributed by atoms with van der Waals surface area (Å²) in [6.45, 7) is 0. The van der Waals surface area contributed by atoms with Crippen LogP contribution in [0.25, 0.3) is 11.1 Å². The largest absolute Gasteiger partial charge is 0.453 e. The number of ether oxygens (including phenoxy) is 1. The first-order chi connectivity index (χ1) is 7.26. The molecule has 2 rings (SSSR count). The van der Waals surface area contributed by atoms with Gasteiger partial charge in [0.1, 0.15) is 5.52 Å². The zero-order chi connectivity index (χ0) is 10.8. The van der Waals surface area contributed by atoms with Crippen LogP contribution in [0.5, 0.6) is 6.08 Å². The first-order valence-electron chi connectivity index (χ1n) is 4.29. The number of aromatic nitrogens is 1. The summed E-state index contributed by atoms with van der Waals surface area (Å²) in [7, 11) is 1.45. The molecule has 0 aliphatic carbocycles. The lowest BCUT2D eigenvalue weighted by atomic mass is 10.1. The van der Waals surface area contributed by atoms with E-state index in [4.69, 9.17) is 20.8 Å². The van der Waals surface area contributed by atoms with Crippen LogP contribution in [0.2, 0.25) is 0 Å². The predicted octanol–water partition coefficient (Wildman–Crippen LogP) is 2.26. The van der Waals surface area contributed by atoms with Crippen molar-refractivity contribution >= 4 is 28.5 Å². The number of rotatable bonds is 3. The Kier molecular flexibility index (Phi) is 2.60. The van der Waals surface area contributed by atoms with E-state index in [0.29, 0.717) is 16.7 Å². The molecule has 1 aromatic heterocycles. The van der Waals surface area contributed by atoms with Gasteiger partial charge in [0.05, 0.1) is 18.6 Å². The zero-order valence-corrected chi connectivity index (χ0v) is 8.75. The number of hydrogen-bond donors (Lipinski definition) is 0. The molecule has 0 saturated carbocycles. The Morgan fingerprint density at radius 2 is 2.40 bits per heavy atom. The summed E-state index contributed by atoms with van der Waals surface area (Å²) in [5.74, 6) is -0.275. The van der Waals surface area contributed by atoms with Crippen molar-refractivity contribution in [3.05, 3.63) is 23.8 Å². The molecule has 0 bridgehead atoms. The highest BCUT2D eigenvalue weighted by Crippen LogP contribution is 2.24. The number of nitrogens with zero attached hydrogens (tertiary/aromatic N) is 1. The number of methoxy groups -OCH3 is 1. The van der Waals surface area contributed by atoms with E-state index >= 15 is 0 Å². The molecule has 0 atom stereocenters. The van der Waals surface area contributed by atoms with Crippen molar-refractivity contribution in [1.82, 2.24) is 4.98 Å². The Hall–Kier alpha value is -1.55. The molecule has 2 aromatic rings. The van der Waals surface area contributed by atoms with Crippen molar-refractivity contribution in [2.45, 2.75) is 0 Å². The number of carbonyl (C=O) groups excluding carboxylic acids is 1. The molecular formula is C10H8ClNO3. The molecule has 15 heavy (non-hydrogen) atoms. The number of halogens is 1. The number of alkyl halides is 1. The monoisotopic (exact) mass is 225 g/mol. The molecule has 78 valence electrons. The number of oxazole rings is 1. The maximum Gasteiger partial charge on any atom is 0.394 e. The molecule has 0 aliphatic heterocycles. The lowest BCUT2D eigenvalue weighted by Crippen LogP contribution is -1.99. The van der Waals surface area contributed by atoms with E-state index in [1.165, 1.54) is 7.11 Å². The standard InChI is InChI=1S/C10H8ClNO3/c1-14-10-12-7-4-2-3-6(8(13)5-11)9(7)15-10/h2-4H,5H2,1H3. The number of para-hydroxylation sites is 1. The fourth-order valence-corrected chi connectivity index (χ4v) is 1.45. The molecule has 0 fully saturated rings. The van der Waals surface area contributed by atoms with E-state index in [1.807, 2.05) is 0 Å². The van der Waals surface area contributed by atoms with Crippen molar-refractivity contribution in [1.29, 1.82) is 0 Å². The second kappa shape index (κ2) is 3.90. The number of fused-ring (bicyclic) bond motifs is 1. The van der Waals surface area contributed by atoms with E-state index in [9.17, 15) is 4.79 Å². The summed E-state index contributed by atoms with van der Waals surface area (Å²) in [6, 6.07) is 5.12. The summed E-state index contributed by atoms with van der Waals surface area (Å²) in [4.78, 5) is 15.5. The third-order valence-electron chi connectivity index (χ3n) is 1.99. The van der Waals surface area contributed by atoms with Gasteiger partial charge in [-0.1, -0.05) is 6.07 Å². The summed E-state index contributed by atoms with van der Waals surface area (Å²) in [5, 5.41) is 0. The van der Waals surface area contributed by atoms with Crippen LogP contribution >= 0.6 is 11.6 Å². The van der Waals surface area contributed by atoms with Gasteiger partial charge in [-0.2, -0.15) is 4.98 Å². The lowest BCUT2D eigenvalue weighted by molar-refractivity contribution is 0.102. The van der Waals surface area contributed by atoms with Gasteiger partial charge in [-0.05, 0) is 12.1 Å². The fourth-order valence-electron chi connectivity index (χ4n) is 1.31. The molecule has 0 amide bonds. The molecule has 0 radical (unpaired) electrons. The van der Waals surface area contributed by atoms with Gasteiger partial charge in [0, 0.05) is 0 Å². The smallest absolute Gasteiger partial charge is 0.394 e. The van der Waals surface area contributed by atoms with Crippen molar-refractivity contribution in [3.63, 3.8) is 0 Å². The quantitative estimate of drug-likeness (QED) is 0.594. The Balaban J connectivity index is 2.64. The van der Waals surface area contributed by atoms with Crippen LogP contribution < -0.4 is 4.74 Å². The van der Waals surface area contributed by atoms with Gasteiger partial charge in [-0.3, -0.25) is 4.79 Å². The van der Waals surface area contributed by atoms with Crippen molar-refractivity contribution in [2.24, 2.45) is 0 Å². The molecule has 0 spiro atoms. The van der Waals surface area contributed by atoms with Gasteiger partial charge in [0.15, 0.2) is 11.4 Å². The van der Waals surface area contributed by atoms with Crippen LogP contribution in [-0.2, 0) is 0 Å². The maximum absolute atomic E-state index is 11.5. The second-order valence-electron chi connectivity index (χ2n) is 2.89. The van der Waals surface area contributed by atoms with E-state index in [-0.39, 0.29) is 17.7 Å². The van der Waals surface area contributed by atoms with Gasteiger partial charge in [0.2, 0.25) is 0 Å². The third kappa shape index (κ3) is 1.68. The third-order valence-corrected chi connectivity index (χ3v) is 2.23. The van der Waals surface area contributed by atoms with Gasteiger partial charge >= 0.3 is 6.08 Å². The molecule has 0 aliphatic rings. The topological polar surface area (TPSA) is 52.3 Å². The summed E-state index contributed by atoms with van der Waals surface area (Å²) >= 11 is 5.48. The number of carbonyl (C=O) groups is 1. The summed E-state index contributed by atoms with van der Waals surface area (Å²) < 4.78 is 10.1. The Labute approximate surface area is 90.8 Å². The zero-order valence-electron chi connectivity index (χ0n) is 7.99. The minimum absolute atomic E-state index is 0.0812. The average molecular weight is 226 g/mol. The van der Waals surface area contributed by atoms with Crippen LogP contribution in [0.1, 0.15) is 10.4 Å². The van der Waals surface area contributed by atoms with Crippen LogP contribution in [0.15, 0.2) is 22.6 Å². The highest BCUT2D eigenvalue weighted by atomic mass is 35.5. The molecule has 1 heterocycles. The summed E-state index contributed by atoms with van der Waals surface area (Å²) in [6.07, 6.45) is 0.139. The Bertz CT molecular complexity index is 506. The predicted molar refractivity (Wildman–Crippen MR) is 55.6 cm³/mol. The van der Waals surface area contributed by atoms with Crippen LogP contribution in [0, 0.1) is 0 Å². The van der Waals surface area contributed by atoms with E-state index < -0.39 is 0 Å². The molecule has 0 unspecified atom stereocenters. The number of ketones is 1. The first kappa shape index (κ1) is 9.98. The molecule has 4 nitrogen and oxygen atoms in total. The normalized spacial score (nSPS) is 10.5. The highest BCUT2D eigenvalue weighted by molar-refractivity contribution is 6.31. The van der Waals surface area contributed by atoms with Crippen LogP contribution in [-0.4, -0.2) is 23.8 Å². The van der Waals surface area contributed by atoms with Crippen LogP contribution in [0.4, 0.5) is 0 Å². The maximum atomic E-state index is 11.5.